The van der Waals surface area contributed by atoms with Crippen LogP contribution in [0.15, 0.2) is 48.5 Å². The Labute approximate surface area is 104 Å². The first-order valence-electron chi connectivity index (χ1n) is 5.42. The Morgan fingerprint density at radius 1 is 1.06 bits per heavy atom. The maximum absolute atomic E-state index is 13.5. The molecule has 0 heterocycles. The summed E-state index contributed by atoms with van der Waals surface area (Å²) in [5.74, 6) is -0.449. The quantitative estimate of drug-likeness (QED) is 0.791. The van der Waals surface area contributed by atoms with Crippen LogP contribution in [0.4, 0.5) is 20.6 Å². The first-order chi connectivity index (χ1) is 8.61. The third-order valence-corrected chi connectivity index (χ3v) is 2.68. The highest BCUT2D eigenvalue weighted by molar-refractivity contribution is 5.95. The molecular formula is C14H11FNO2. The molecule has 3 nitrogen and oxygen atoms in total. The number of hydrogen-bond donors (Lipinski definition) is 0. The molecule has 0 aliphatic rings. The summed E-state index contributed by atoms with van der Waals surface area (Å²) in [6.07, 6.45) is -1.39. The van der Waals surface area contributed by atoms with Crippen LogP contribution in [0.2, 0.25) is 0 Å². The zero-order valence-electron chi connectivity index (χ0n) is 9.76. The van der Waals surface area contributed by atoms with E-state index in [1.165, 1.54) is 19.1 Å². The fraction of sp³-hybridized carbons (Fsp3) is 0.0714. The first kappa shape index (κ1) is 12.1. The van der Waals surface area contributed by atoms with Crippen LogP contribution in [0.5, 0.6) is 0 Å². The van der Waals surface area contributed by atoms with Gasteiger partial charge >= 0.3 is 6.09 Å². The molecule has 0 saturated heterocycles. The Hall–Kier alpha value is -2.36. The van der Waals surface area contributed by atoms with Gasteiger partial charge in [-0.05, 0) is 31.2 Å². The molecule has 0 N–H and O–H groups in total. The number of para-hydroxylation sites is 1. The summed E-state index contributed by atoms with van der Waals surface area (Å²) in [7, 11) is 0. The number of carbonyl (C=O) groups is 1. The average molecular weight is 244 g/mol. The first-order valence-corrected chi connectivity index (χ1v) is 5.42. The Bertz CT molecular complexity index is 569. The van der Waals surface area contributed by atoms with Crippen LogP contribution < -0.4 is 4.90 Å². The summed E-state index contributed by atoms with van der Waals surface area (Å²) in [5, 5.41) is 11.3. The number of nitrogens with zero attached hydrogens (tertiary/aromatic N) is 1. The van der Waals surface area contributed by atoms with Gasteiger partial charge in [-0.25, -0.2) is 19.2 Å². The summed E-state index contributed by atoms with van der Waals surface area (Å²) in [6.45, 7) is 1.53. The van der Waals surface area contributed by atoms with Crippen LogP contribution in [0.3, 0.4) is 0 Å². The van der Waals surface area contributed by atoms with Gasteiger partial charge in [-0.2, -0.15) is 0 Å². The lowest BCUT2D eigenvalue weighted by atomic mass is 10.1. The van der Waals surface area contributed by atoms with Gasteiger partial charge in [0.15, 0.2) is 0 Å². The van der Waals surface area contributed by atoms with Crippen LogP contribution in [0.1, 0.15) is 5.56 Å². The molecule has 0 aromatic heterocycles. The minimum atomic E-state index is -1.39. The highest BCUT2D eigenvalue weighted by Gasteiger charge is 2.21. The van der Waals surface area contributed by atoms with Crippen LogP contribution in [-0.4, -0.2) is 6.09 Å². The Morgan fingerprint density at radius 2 is 1.72 bits per heavy atom. The van der Waals surface area contributed by atoms with Gasteiger partial charge in [0.05, 0.1) is 11.4 Å². The van der Waals surface area contributed by atoms with Crippen LogP contribution in [0, 0.1) is 12.7 Å². The number of amides is 1. The highest BCUT2D eigenvalue weighted by atomic mass is 19.1. The van der Waals surface area contributed by atoms with Crippen LogP contribution >= 0.6 is 0 Å². The molecule has 0 spiro atoms. The van der Waals surface area contributed by atoms with Gasteiger partial charge in [0, 0.05) is 5.56 Å². The zero-order chi connectivity index (χ0) is 13.1. The summed E-state index contributed by atoms with van der Waals surface area (Å²) >= 11 is 0. The van der Waals surface area contributed by atoms with Crippen molar-refractivity contribution >= 4 is 17.5 Å². The molecule has 18 heavy (non-hydrogen) atoms. The van der Waals surface area contributed by atoms with E-state index in [2.05, 4.69) is 0 Å². The molecule has 2 aromatic carbocycles. The van der Waals surface area contributed by atoms with E-state index in [-0.39, 0.29) is 11.3 Å². The van der Waals surface area contributed by atoms with Crippen molar-refractivity contribution in [2.75, 3.05) is 4.90 Å². The number of carbonyl (C=O) groups excluding carboxylic acids is 1. The molecule has 0 unspecified atom stereocenters. The molecule has 0 saturated carbocycles. The van der Waals surface area contributed by atoms with Crippen molar-refractivity contribution in [3.63, 3.8) is 0 Å². The third kappa shape index (κ3) is 2.18. The predicted molar refractivity (Wildman–Crippen MR) is 65.8 cm³/mol. The molecule has 91 valence electrons. The largest absolute Gasteiger partial charge is 0.462 e. The fourth-order valence-electron chi connectivity index (χ4n) is 1.76. The normalized spacial score (nSPS) is 10.1. The van der Waals surface area contributed by atoms with Gasteiger partial charge in [-0.1, -0.05) is 24.3 Å². The fourth-order valence-corrected chi connectivity index (χ4v) is 1.76. The van der Waals surface area contributed by atoms with E-state index in [1.54, 1.807) is 36.4 Å². The lowest BCUT2D eigenvalue weighted by Crippen LogP contribution is -2.23. The number of benzene rings is 2. The molecule has 1 radical (unpaired) electrons. The third-order valence-electron chi connectivity index (χ3n) is 2.68. The molecule has 0 fully saturated rings. The summed E-state index contributed by atoms with van der Waals surface area (Å²) in [6, 6.07) is 12.7. The lowest BCUT2D eigenvalue weighted by Gasteiger charge is -2.20. The summed E-state index contributed by atoms with van der Waals surface area (Å²) < 4.78 is 13.5. The van der Waals surface area contributed by atoms with Crippen LogP contribution in [-0.2, 0) is 5.11 Å². The number of hydrogen-bond acceptors (Lipinski definition) is 1. The number of anilines is 2. The predicted octanol–water partition coefficient (Wildman–Crippen LogP) is 3.82. The van der Waals surface area contributed by atoms with Gasteiger partial charge in [-0.15, -0.1) is 0 Å². The van der Waals surface area contributed by atoms with Crippen molar-refractivity contribution < 1.29 is 14.3 Å². The Balaban J connectivity index is 2.56. The molecule has 0 aliphatic heterocycles. The Morgan fingerprint density at radius 3 is 2.33 bits per heavy atom. The van der Waals surface area contributed by atoms with Crippen LogP contribution in [0.25, 0.3) is 0 Å². The number of halogens is 1. The summed E-state index contributed by atoms with van der Waals surface area (Å²) in [4.78, 5) is 12.2. The molecule has 2 aromatic rings. The van der Waals surface area contributed by atoms with E-state index in [0.29, 0.717) is 5.69 Å². The van der Waals surface area contributed by atoms with E-state index < -0.39 is 11.9 Å². The van der Waals surface area contributed by atoms with Gasteiger partial charge in [-0.3, -0.25) is 0 Å². The van der Waals surface area contributed by atoms with Crippen molar-refractivity contribution in [2.45, 2.75) is 6.92 Å². The van der Waals surface area contributed by atoms with Gasteiger partial charge < -0.3 is 0 Å². The molecule has 4 heteroatoms. The Kier molecular flexibility index (Phi) is 3.28. The van der Waals surface area contributed by atoms with Gasteiger partial charge in [0.1, 0.15) is 5.82 Å². The summed E-state index contributed by atoms with van der Waals surface area (Å²) in [5.41, 5.74) is 0.956. The van der Waals surface area contributed by atoms with E-state index in [0.717, 1.165) is 4.90 Å². The van der Waals surface area contributed by atoms with E-state index in [4.69, 9.17) is 0 Å². The molecule has 0 aliphatic carbocycles. The second kappa shape index (κ2) is 4.87. The van der Waals surface area contributed by atoms with Gasteiger partial charge in [0.2, 0.25) is 0 Å². The van der Waals surface area contributed by atoms with E-state index >= 15 is 0 Å². The van der Waals surface area contributed by atoms with Crippen molar-refractivity contribution in [1.82, 2.24) is 0 Å². The molecule has 2 rings (SSSR count). The second-order valence-corrected chi connectivity index (χ2v) is 3.82. The smallest absolute Gasteiger partial charge is 0.243 e. The molecule has 0 atom stereocenters. The molecule has 1 amide bonds. The van der Waals surface area contributed by atoms with Crippen molar-refractivity contribution in [3.8, 4) is 0 Å². The number of rotatable bonds is 2. The standard InChI is InChI=1S/C14H11FNO2/c1-10-12(15)8-5-9-13(10)16(14(17)18)11-6-3-2-4-7-11/h2-9H,1H3. The molecule has 0 bridgehead atoms. The zero-order valence-corrected chi connectivity index (χ0v) is 9.76. The van der Waals surface area contributed by atoms with E-state index in [1.807, 2.05) is 0 Å². The topological polar surface area (TPSA) is 40.2 Å². The molecular weight excluding hydrogens is 233 g/mol. The van der Waals surface area contributed by atoms with Crippen molar-refractivity contribution in [1.29, 1.82) is 0 Å². The highest BCUT2D eigenvalue weighted by Crippen LogP contribution is 2.29. The lowest BCUT2D eigenvalue weighted by molar-refractivity contribution is 0.179. The van der Waals surface area contributed by atoms with Gasteiger partial charge in [0.25, 0.3) is 0 Å². The monoisotopic (exact) mass is 244 g/mol. The SMILES string of the molecule is Cc1c(F)cccc1N(C([O])=O)c1ccccc1. The second-order valence-electron chi connectivity index (χ2n) is 3.82. The maximum Gasteiger partial charge on any atom is 0.462 e. The minimum Gasteiger partial charge on any atom is -0.243 e. The van der Waals surface area contributed by atoms with Crippen molar-refractivity contribution in [2.24, 2.45) is 0 Å². The average Bonchev–Trinajstić information content (AvgIpc) is 2.36. The maximum atomic E-state index is 13.5. The van der Waals surface area contributed by atoms with E-state index in [9.17, 15) is 14.3 Å². The minimum absolute atomic E-state index is 0.265. The van der Waals surface area contributed by atoms with Crippen molar-refractivity contribution in [3.05, 3.63) is 59.9 Å².